The van der Waals surface area contributed by atoms with Crippen molar-refractivity contribution < 1.29 is 19.1 Å². The van der Waals surface area contributed by atoms with E-state index in [2.05, 4.69) is 4.98 Å². The number of carbonyl (C=O) groups excluding carboxylic acids is 2. The number of ether oxygens (including phenoxy) is 2. The molecule has 0 spiro atoms. The highest BCUT2D eigenvalue weighted by Gasteiger charge is 2.24. The molecule has 0 aliphatic rings. The molecular formula is C13H19NO4. The van der Waals surface area contributed by atoms with Gasteiger partial charge in [0.15, 0.2) is 0 Å². The first kappa shape index (κ1) is 14.3. The molecule has 18 heavy (non-hydrogen) atoms. The summed E-state index contributed by atoms with van der Waals surface area (Å²) in [5.41, 5.74) is 1.90. The zero-order valence-corrected chi connectivity index (χ0v) is 11.4. The van der Waals surface area contributed by atoms with Crippen LogP contribution in [0.15, 0.2) is 0 Å². The van der Waals surface area contributed by atoms with E-state index in [-0.39, 0.29) is 6.10 Å². The zero-order valence-electron chi connectivity index (χ0n) is 11.4. The van der Waals surface area contributed by atoms with E-state index < -0.39 is 11.9 Å². The zero-order chi connectivity index (χ0) is 13.9. The van der Waals surface area contributed by atoms with Crippen molar-refractivity contribution in [1.29, 1.82) is 0 Å². The Bertz CT molecular complexity index is 460. The van der Waals surface area contributed by atoms with Crippen LogP contribution in [-0.4, -0.2) is 29.6 Å². The molecule has 0 saturated heterocycles. The molecule has 5 heteroatoms. The molecule has 5 nitrogen and oxygen atoms in total. The fraction of sp³-hybridized carbons (Fsp3) is 0.538. The average molecular weight is 253 g/mol. The molecular weight excluding hydrogens is 234 g/mol. The standard InChI is InChI=1S/C13H19NO4/c1-6-17-13(16)11-8(4)10(9(5)14-11)12(15)18-7(2)3/h7,14H,6H2,1-5H3. The van der Waals surface area contributed by atoms with E-state index in [0.29, 0.717) is 29.1 Å². The fourth-order valence-electron chi connectivity index (χ4n) is 1.74. The second kappa shape index (κ2) is 5.71. The molecule has 1 aromatic rings. The molecule has 0 aliphatic carbocycles. The molecule has 0 fully saturated rings. The van der Waals surface area contributed by atoms with Crippen molar-refractivity contribution in [3.8, 4) is 0 Å². The SMILES string of the molecule is CCOC(=O)c1[nH]c(C)c(C(=O)OC(C)C)c1C. The molecule has 1 aromatic heterocycles. The van der Waals surface area contributed by atoms with Crippen molar-refractivity contribution in [3.63, 3.8) is 0 Å². The summed E-state index contributed by atoms with van der Waals surface area (Å²) >= 11 is 0. The Balaban J connectivity index is 3.08. The maximum Gasteiger partial charge on any atom is 0.355 e. The quantitative estimate of drug-likeness (QED) is 0.836. The summed E-state index contributed by atoms with van der Waals surface area (Å²) in [4.78, 5) is 26.4. The van der Waals surface area contributed by atoms with E-state index in [1.54, 1.807) is 34.6 Å². The summed E-state index contributed by atoms with van der Waals surface area (Å²) in [6, 6.07) is 0. The Morgan fingerprint density at radius 1 is 1.22 bits per heavy atom. The summed E-state index contributed by atoms with van der Waals surface area (Å²) in [6.45, 7) is 9.02. The highest BCUT2D eigenvalue weighted by atomic mass is 16.5. The Labute approximate surface area is 106 Å². The van der Waals surface area contributed by atoms with Gasteiger partial charge in [0.05, 0.1) is 18.3 Å². The maximum absolute atomic E-state index is 11.9. The van der Waals surface area contributed by atoms with E-state index >= 15 is 0 Å². The second-order valence-electron chi connectivity index (χ2n) is 4.30. The van der Waals surface area contributed by atoms with Crippen LogP contribution < -0.4 is 0 Å². The van der Waals surface area contributed by atoms with Crippen LogP contribution in [0.3, 0.4) is 0 Å². The highest BCUT2D eigenvalue weighted by Crippen LogP contribution is 2.20. The first-order chi connectivity index (χ1) is 8.38. The summed E-state index contributed by atoms with van der Waals surface area (Å²) in [7, 11) is 0. The number of carbonyl (C=O) groups is 2. The van der Waals surface area contributed by atoms with Crippen LogP contribution in [-0.2, 0) is 9.47 Å². The van der Waals surface area contributed by atoms with Crippen molar-refractivity contribution in [2.45, 2.75) is 40.7 Å². The second-order valence-corrected chi connectivity index (χ2v) is 4.30. The first-order valence-electron chi connectivity index (χ1n) is 5.95. The number of aryl methyl sites for hydroxylation is 1. The average Bonchev–Trinajstić information content (AvgIpc) is 2.53. The van der Waals surface area contributed by atoms with Gasteiger partial charge in [0.1, 0.15) is 5.69 Å². The number of esters is 2. The third-order valence-electron chi connectivity index (χ3n) is 2.46. The van der Waals surface area contributed by atoms with Crippen molar-refractivity contribution in [2.24, 2.45) is 0 Å². The van der Waals surface area contributed by atoms with Gasteiger partial charge in [0.25, 0.3) is 0 Å². The number of aromatic nitrogens is 1. The number of hydrogen-bond donors (Lipinski definition) is 1. The monoisotopic (exact) mass is 253 g/mol. The Morgan fingerprint density at radius 2 is 1.83 bits per heavy atom. The molecule has 100 valence electrons. The Kier molecular flexibility index (Phi) is 4.53. The molecule has 0 radical (unpaired) electrons. The topological polar surface area (TPSA) is 68.4 Å². The summed E-state index contributed by atoms with van der Waals surface area (Å²) in [5, 5.41) is 0. The van der Waals surface area contributed by atoms with E-state index in [4.69, 9.17) is 9.47 Å². The largest absolute Gasteiger partial charge is 0.461 e. The van der Waals surface area contributed by atoms with Crippen LogP contribution in [0.1, 0.15) is 52.9 Å². The fourth-order valence-corrected chi connectivity index (χ4v) is 1.74. The molecule has 0 atom stereocenters. The van der Waals surface area contributed by atoms with Gasteiger partial charge >= 0.3 is 11.9 Å². The lowest BCUT2D eigenvalue weighted by atomic mass is 10.1. The van der Waals surface area contributed by atoms with Crippen molar-refractivity contribution in [3.05, 3.63) is 22.5 Å². The third kappa shape index (κ3) is 2.91. The first-order valence-corrected chi connectivity index (χ1v) is 5.95. The molecule has 0 aliphatic heterocycles. The number of nitrogens with one attached hydrogen (secondary N) is 1. The van der Waals surface area contributed by atoms with Gasteiger partial charge in [-0.1, -0.05) is 0 Å². The van der Waals surface area contributed by atoms with Crippen LogP contribution in [0.25, 0.3) is 0 Å². The molecule has 1 N–H and O–H groups in total. The smallest absolute Gasteiger partial charge is 0.355 e. The van der Waals surface area contributed by atoms with Gasteiger partial charge in [0, 0.05) is 5.69 Å². The maximum atomic E-state index is 11.9. The van der Waals surface area contributed by atoms with E-state index in [0.717, 1.165) is 0 Å². The van der Waals surface area contributed by atoms with Gasteiger partial charge in [-0.2, -0.15) is 0 Å². The van der Waals surface area contributed by atoms with Crippen LogP contribution in [0.5, 0.6) is 0 Å². The molecule has 0 aromatic carbocycles. The summed E-state index contributed by atoms with van der Waals surface area (Å²) < 4.78 is 10.1. The lowest BCUT2D eigenvalue weighted by Gasteiger charge is -2.08. The lowest BCUT2D eigenvalue weighted by molar-refractivity contribution is 0.0376. The lowest BCUT2D eigenvalue weighted by Crippen LogP contribution is -2.13. The van der Waals surface area contributed by atoms with Gasteiger partial charge in [-0.3, -0.25) is 0 Å². The minimum atomic E-state index is -0.457. The molecule has 0 saturated carbocycles. The number of rotatable bonds is 4. The molecule has 1 rings (SSSR count). The van der Waals surface area contributed by atoms with Gasteiger partial charge in [-0.15, -0.1) is 0 Å². The van der Waals surface area contributed by atoms with E-state index in [1.807, 2.05) is 0 Å². The van der Waals surface area contributed by atoms with Crippen molar-refractivity contribution >= 4 is 11.9 Å². The molecule has 0 bridgehead atoms. The van der Waals surface area contributed by atoms with Crippen molar-refractivity contribution in [2.75, 3.05) is 6.61 Å². The Morgan fingerprint density at radius 3 is 2.33 bits per heavy atom. The number of aromatic amines is 1. The van der Waals surface area contributed by atoms with Gasteiger partial charge in [-0.05, 0) is 40.2 Å². The molecule has 0 unspecified atom stereocenters. The summed E-state index contributed by atoms with van der Waals surface area (Å²) in [6.07, 6.45) is -0.197. The summed E-state index contributed by atoms with van der Waals surface area (Å²) in [5.74, 6) is -0.881. The van der Waals surface area contributed by atoms with Crippen molar-refractivity contribution in [1.82, 2.24) is 4.98 Å². The normalized spacial score (nSPS) is 10.6. The van der Waals surface area contributed by atoms with E-state index in [9.17, 15) is 9.59 Å². The predicted octanol–water partition coefficient (Wildman–Crippen LogP) is 2.37. The van der Waals surface area contributed by atoms with Crippen LogP contribution >= 0.6 is 0 Å². The van der Waals surface area contributed by atoms with Crippen LogP contribution in [0.2, 0.25) is 0 Å². The Hall–Kier alpha value is -1.78. The number of H-pyrrole nitrogens is 1. The van der Waals surface area contributed by atoms with Crippen LogP contribution in [0.4, 0.5) is 0 Å². The molecule has 0 amide bonds. The number of hydrogen-bond acceptors (Lipinski definition) is 4. The van der Waals surface area contributed by atoms with E-state index in [1.165, 1.54) is 0 Å². The minimum absolute atomic E-state index is 0.197. The highest BCUT2D eigenvalue weighted by molar-refractivity contribution is 5.98. The van der Waals surface area contributed by atoms with Gasteiger partial charge in [-0.25, -0.2) is 9.59 Å². The molecule has 1 heterocycles. The van der Waals surface area contributed by atoms with Crippen LogP contribution in [0, 0.1) is 13.8 Å². The predicted molar refractivity (Wildman–Crippen MR) is 66.8 cm³/mol. The third-order valence-corrected chi connectivity index (χ3v) is 2.46. The van der Waals surface area contributed by atoms with Gasteiger partial charge in [0.2, 0.25) is 0 Å². The van der Waals surface area contributed by atoms with Gasteiger partial charge < -0.3 is 14.5 Å². The minimum Gasteiger partial charge on any atom is -0.461 e.